The van der Waals surface area contributed by atoms with Gasteiger partial charge in [-0.3, -0.25) is 0 Å². The molecule has 2 aromatic heterocycles. The van der Waals surface area contributed by atoms with Gasteiger partial charge in [-0.25, -0.2) is 14.1 Å². The Morgan fingerprint density at radius 1 is 1.31 bits per heavy atom. The van der Waals surface area contributed by atoms with Crippen LogP contribution in [0, 0.1) is 12.7 Å². The minimum absolute atomic E-state index is 0.372. The maximum atomic E-state index is 12.6. The Balaban J connectivity index is 0.000000606. The van der Waals surface area contributed by atoms with Crippen LogP contribution >= 0.6 is 11.6 Å². The lowest BCUT2D eigenvalue weighted by Crippen LogP contribution is -1.97. The van der Waals surface area contributed by atoms with Crippen molar-refractivity contribution in [2.45, 2.75) is 20.8 Å². The maximum absolute atomic E-state index is 12.6. The topological polar surface area (TPSA) is 30.7 Å². The summed E-state index contributed by atoms with van der Waals surface area (Å²) in [6.07, 6.45) is 2.88. The monoisotopic (exact) mass is 241 g/mol. The van der Waals surface area contributed by atoms with E-state index in [1.54, 1.807) is 6.20 Å². The van der Waals surface area contributed by atoms with E-state index in [-0.39, 0.29) is 5.82 Å². The standard InChI is InChI=1S/C9H7ClFN3.C2H6/c1-6-5-14(13-9(6)10)8-3-2-7(11)4-12-8;1-2/h2-5H,1H3;1-2H3. The molecule has 0 amide bonds. The Labute approximate surface area is 98.9 Å². The molecule has 0 aromatic carbocycles. The van der Waals surface area contributed by atoms with Crippen molar-refractivity contribution in [3.05, 3.63) is 41.1 Å². The van der Waals surface area contributed by atoms with Crippen LogP contribution < -0.4 is 0 Å². The second kappa shape index (κ2) is 5.61. The summed E-state index contributed by atoms with van der Waals surface area (Å²) in [5.41, 5.74) is 0.859. The van der Waals surface area contributed by atoms with Crippen molar-refractivity contribution < 1.29 is 4.39 Å². The van der Waals surface area contributed by atoms with Crippen molar-refractivity contribution in [3.8, 4) is 5.82 Å². The van der Waals surface area contributed by atoms with E-state index in [2.05, 4.69) is 10.1 Å². The van der Waals surface area contributed by atoms with Crippen LogP contribution in [0.2, 0.25) is 5.15 Å². The Morgan fingerprint density at radius 2 is 2.00 bits per heavy atom. The van der Waals surface area contributed by atoms with Crippen molar-refractivity contribution in [2.75, 3.05) is 0 Å². The fourth-order valence-electron chi connectivity index (χ4n) is 1.06. The molecule has 0 saturated carbocycles. The average Bonchev–Trinajstić information content (AvgIpc) is 2.63. The van der Waals surface area contributed by atoms with Gasteiger partial charge in [-0.15, -0.1) is 0 Å². The number of pyridine rings is 1. The normalized spacial score (nSPS) is 9.56. The third kappa shape index (κ3) is 2.79. The number of nitrogens with zero attached hydrogens (tertiary/aromatic N) is 3. The Morgan fingerprint density at radius 3 is 2.44 bits per heavy atom. The molecule has 86 valence electrons. The van der Waals surface area contributed by atoms with Gasteiger partial charge in [0.25, 0.3) is 0 Å². The summed E-state index contributed by atoms with van der Waals surface area (Å²) >= 11 is 5.78. The molecule has 0 aliphatic carbocycles. The van der Waals surface area contributed by atoms with Gasteiger partial charge in [0.15, 0.2) is 11.0 Å². The lowest BCUT2D eigenvalue weighted by Gasteiger charge is -1.97. The summed E-state index contributed by atoms with van der Waals surface area (Å²) in [6, 6.07) is 2.87. The molecule has 0 spiro atoms. The minimum atomic E-state index is -0.372. The summed E-state index contributed by atoms with van der Waals surface area (Å²) in [7, 11) is 0. The fraction of sp³-hybridized carbons (Fsp3) is 0.273. The van der Waals surface area contributed by atoms with Crippen molar-refractivity contribution >= 4 is 11.6 Å². The van der Waals surface area contributed by atoms with Gasteiger partial charge in [0, 0.05) is 11.8 Å². The predicted octanol–water partition coefficient (Wildman–Crippen LogP) is 3.39. The fourth-order valence-corrected chi connectivity index (χ4v) is 1.19. The Hall–Kier alpha value is -1.42. The molecule has 0 atom stereocenters. The van der Waals surface area contributed by atoms with E-state index < -0.39 is 0 Å². The highest BCUT2D eigenvalue weighted by Crippen LogP contribution is 2.14. The predicted molar refractivity (Wildman–Crippen MR) is 62.4 cm³/mol. The number of aryl methyl sites for hydroxylation is 1. The van der Waals surface area contributed by atoms with Crippen LogP contribution in [-0.2, 0) is 0 Å². The van der Waals surface area contributed by atoms with E-state index in [0.717, 1.165) is 11.8 Å². The van der Waals surface area contributed by atoms with E-state index in [1.165, 1.54) is 16.8 Å². The third-order valence-corrected chi connectivity index (χ3v) is 2.16. The molecule has 0 unspecified atom stereocenters. The molecule has 3 nitrogen and oxygen atoms in total. The van der Waals surface area contributed by atoms with Crippen LogP contribution in [0.4, 0.5) is 4.39 Å². The first-order chi connectivity index (χ1) is 7.66. The first-order valence-electron chi connectivity index (χ1n) is 5.00. The SMILES string of the molecule is CC.Cc1cn(-c2ccc(F)cn2)nc1Cl. The Bertz CT molecular complexity index is 431. The third-order valence-electron chi connectivity index (χ3n) is 1.78. The molecule has 5 heteroatoms. The average molecular weight is 242 g/mol. The van der Waals surface area contributed by atoms with E-state index in [0.29, 0.717) is 11.0 Å². The molecule has 2 heterocycles. The number of rotatable bonds is 1. The number of hydrogen-bond acceptors (Lipinski definition) is 2. The summed E-state index contributed by atoms with van der Waals surface area (Å²) in [5, 5.41) is 4.43. The quantitative estimate of drug-likeness (QED) is 0.766. The maximum Gasteiger partial charge on any atom is 0.154 e. The second-order valence-electron chi connectivity index (χ2n) is 2.88. The van der Waals surface area contributed by atoms with E-state index in [4.69, 9.17) is 11.6 Å². The summed E-state index contributed by atoms with van der Waals surface area (Å²) in [4.78, 5) is 3.87. The lowest BCUT2D eigenvalue weighted by molar-refractivity contribution is 0.619. The van der Waals surface area contributed by atoms with Crippen molar-refractivity contribution in [1.29, 1.82) is 0 Å². The van der Waals surface area contributed by atoms with Crippen LogP contribution in [0.15, 0.2) is 24.5 Å². The van der Waals surface area contributed by atoms with Crippen molar-refractivity contribution in [2.24, 2.45) is 0 Å². The largest absolute Gasteiger partial charge is 0.234 e. The van der Waals surface area contributed by atoms with E-state index in [9.17, 15) is 4.39 Å². The molecule has 2 rings (SSSR count). The second-order valence-corrected chi connectivity index (χ2v) is 3.24. The molecule has 16 heavy (non-hydrogen) atoms. The number of halogens is 2. The van der Waals surface area contributed by atoms with Crippen LogP contribution in [-0.4, -0.2) is 14.8 Å². The number of aromatic nitrogens is 3. The number of hydrogen-bond donors (Lipinski definition) is 0. The minimum Gasteiger partial charge on any atom is -0.234 e. The molecule has 0 aliphatic rings. The molecule has 0 saturated heterocycles. The molecule has 0 radical (unpaired) electrons. The van der Waals surface area contributed by atoms with Crippen LogP contribution in [0.25, 0.3) is 5.82 Å². The summed E-state index contributed by atoms with van der Waals surface area (Å²) in [6.45, 7) is 5.84. The van der Waals surface area contributed by atoms with Crippen LogP contribution in [0.1, 0.15) is 19.4 Å². The van der Waals surface area contributed by atoms with Gasteiger partial charge in [-0.1, -0.05) is 25.4 Å². The zero-order chi connectivity index (χ0) is 12.1. The van der Waals surface area contributed by atoms with Gasteiger partial charge >= 0.3 is 0 Å². The molecular weight excluding hydrogens is 229 g/mol. The van der Waals surface area contributed by atoms with Gasteiger partial charge < -0.3 is 0 Å². The van der Waals surface area contributed by atoms with E-state index >= 15 is 0 Å². The van der Waals surface area contributed by atoms with E-state index in [1.807, 2.05) is 20.8 Å². The zero-order valence-electron chi connectivity index (χ0n) is 9.41. The van der Waals surface area contributed by atoms with Gasteiger partial charge in [0.1, 0.15) is 5.82 Å². The Kier molecular flexibility index (Phi) is 4.43. The molecule has 0 N–H and O–H groups in total. The van der Waals surface area contributed by atoms with Gasteiger partial charge in [-0.2, -0.15) is 5.10 Å². The summed E-state index contributed by atoms with van der Waals surface area (Å²) in [5.74, 6) is 0.171. The highest BCUT2D eigenvalue weighted by molar-refractivity contribution is 6.30. The highest BCUT2D eigenvalue weighted by atomic mass is 35.5. The first kappa shape index (κ1) is 12.6. The molecular formula is C11H13ClFN3. The highest BCUT2D eigenvalue weighted by Gasteiger charge is 2.04. The smallest absolute Gasteiger partial charge is 0.154 e. The van der Waals surface area contributed by atoms with Crippen molar-refractivity contribution in [3.63, 3.8) is 0 Å². The summed E-state index contributed by atoms with van der Waals surface area (Å²) < 4.78 is 14.1. The molecule has 0 bridgehead atoms. The van der Waals surface area contributed by atoms with Gasteiger partial charge in [0.05, 0.1) is 6.20 Å². The van der Waals surface area contributed by atoms with Gasteiger partial charge in [0.2, 0.25) is 0 Å². The van der Waals surface area contributed by atoms with Crippen LogP contribution in [0.3, 0.4) is 0 Å². The van der Waals surface area contributed by atoms with Gasteiger partial charge in [-0.05, 0) is 19.1 Å². The lowest BCUT2D eigenvalue weighted by atomic mass is 10.4. The first-order valence-corrected chi connectivity index (χ1v) is 5.38. The zero-order valence-corrected chi connectivity index (χ0v) is 10.2. The molecule has 0 fully saturated rings. The van der Waals surface area contributed by atoms with Crippen molar-refractivity contribution in [1.82, 2.24) is 14.8 Å². The molecule has 0 aliphatic heterocycles. The molecule has 2 aromatic rings. The van der Waals surface area contributed by atoms with Crippen LogP contribution in [0.5, 0.6) is 0 Å².